The lowest BCUT2D eigenvalue weighted by Gasteiger charge is -2.22. The number of carbonyl (C=O) groups excluding carboxylic acids is 2. The molecule has 2 N–H and O–H groups in total. The summed E-state index contributed by atoms with van der Waals surface area (Å²) in [6, 6.07) is 8.37. The van der Waals surface area contributed by atoms with Crippen LogP contribution in [0, 0.1) is 0 Å². The van der Waals surface area contributed by atoms with E-state index in [4.69, 9.17) is 9.15 Å². The van der Waals surface area contributed by atoms with E-state index < -0.39 is 23.7 Å². The summed E-state index contributed by atoms with van der Waals surface area (Å²) in [5.41, 5.74) is 0.328. The minimum atomic E-state index is -1.24. The van der Waals surface area contributed by atoms with Crippen molar-refractivity contribution < 1.29 is 28.6 Å². The molecular formula is C18H19NO6. The van der Waals surface area contributed by atoms with Crippen molar-refractivity contribution in [2.75, 3.05) is 0 Å². The van der Waals surface area contributed by atoms with Crippen LogP contribution in [-0.4, -0.2) is 29.1 Å². The number of aldehydes is 1. The molecule has 2 rings (SSSR count). The zero-order chi connectivity index (χ0) is 18.6. The Morgan fingerprint density at radius 2 is 1.80 bits per heavy atom. The quantitative estimate of drug-likeness (QED) is 0.804. The fraction of sp³-hybridized carbons (Fsp3) is 0.278. The van der Waals surface area contributed by atoms with Crippen LogP contribution in [-0.2, 0) is 9.53 Å². The molecule has 1 aromatic carbocycles. The number of furan rings is 1. The van der Waals surface area contributed by atoms with E-state index in [1.165, 1.54) is 0 Å². The number of nitrogens with one attached hydrogen (secondary N) is 1. The number of carbonyl (C=O) groups is 3. The summed E-state index contributed by atoms with van der Waals surface area (Å²) in [5.74, 6) is -0.519. The highest BCUT2D eigenvalue weighted by atomic mass is 16.6. The first-order valence-electron chi connectivity index (χ1n) is 7.57. The van der Waals surface area contributed by atoms with Crippen LogP contribution in [0.2, 0.25) is 0 Å². The van der Waals surface area contributed by atoms with Gasteiger partial charge < -0.3 is 19.6 Å². The standard InChI is InChI=1S/C18H19NO6/c1-18(2,3)25-17(23)19-15(16(21)22)12-6-4-11(5-7-12)14-9-8-13(10-20)24-14/h4-10,15H,1-3H3,(H,19,23)(H,21,22). The topological polar surface area (TPSA) is 106 Å². The molecule has 7 heteroatoms. The molecule has 0 aliphatic heterocycles. The summed E-state index contributed by atoms with van der Waals surface area (Å²) < 4.78 is 10.4. The number of carboxylic acid groups (broad SMARTS) is 1. The fourth-order valence-corrected chi connectivity index (χ4v) is 2.12. The largest absolute Gasteiger partial charge is 0.479 e. The second-order valence-electron chi connectivity index (χ2n) is 6.36. The summed E-state index contributed by atoms with van der Waals surface area (Å²) in [6.45, 7) is 5.07. The Kier molecular flexibility index (Phi) is 5.26. The first kappa shape index (κ1) is 18.3. The number of carboxylic acids is 1. The lowest BCUT2D eigenvalue weighted by molar-refractivity contribution is -0.139. The summed E-state index contributed by atoms with van der Waals surface area (Å²) in [7, 11) is 0. The number of hydrogen-bond acceptors (Lipinski definition) is 5. The molecule has 0 fully saturated rings. The van der Waals surface area contributed by atoms with Crippen molar-refractivity contribution >= 4 is 18.3 Å². The molecule has 0 aliphatic rings. The third-order valence-electron chi connectivity index (χ3n) is 3.18. The Hall–Kier alpha value is -3.09. The van der Waals surface area contributed by atoms with Gasteiger partial charge in [0.15, 0.2) is 18.1 Å². The lowest BCUT2D eigenvalue weighted by Crippen LogP contribution is -2.38. The number of aliphatic carboxylic acids is 1. The number of benzene rings is 1. The van der Waals surface area contributed by atoms with Gasteiger partial charge in [-0.1, -0.05) is 24.3 Å². The number of rotatable bonds is 5. The second kappa shape index (κ2) is 7.21. The Bertz CT molecular complexity index is 770. The van der Waals surface area contributed by atoms with Gasteiger partial charge in [-0.25, -0.2) is 9.59 Å². The molecule has 0 saturated carbocycles. The molecule has 1 atom stereocenters. The van der Waals surface area contributed by atoms with Gasteiger partial charge in [-0.15, -0.1) is 0 Å². The molecule has 2 aromatic rings. The van der Waals surface area contributed by atoms with Gasteiger partial charge in [0.1, 0.15) is 11.4 Å². The highest BCUT2D eigenvalue weighted by molar-refractivity contribution is 5.81. The normalized spacial score (nSPS) is 12.3. The zero-order valence-corrected chi connectivity index (χ0v) is 14.1. The Labute approximate surface area is 144 Å². The summed E-state index contributed by atoms with van der Waals surface area (Å²) in [4.78, 5) is 34.0. The molecule has 25 heavy (non-hydrogen) atoms. The minimum absolute atomic E-state index is 0.203. The Morgan fingerprint density at radius 1 is 1.16 bits per heavy atom. The van der Waals surface area contributed by atoms with E-state index in [1.807, 2.05) is 0 Å². The first-order valence-corrected chi connectivity index (χ1v) is 7.57. The highest BCUT2D eigenvalue weighted by Crippen LogP contribution is 2.24. The zero-order valence-electron chi connectivity index (χ0n) is 14.1. The van der Waals surface area contributed by atoms with Gasteiger partial charge in [0.2, 0.25) is 0 Å². The van der Waals surface area contributed by atoms with E-state index in [0.717, 1.165) is 0 Å². The lowest BCUT2D eigenvalue weighted by atomic mass is 10.0. The molecule has 1 unspecified atom stereocenters. The van der Waals surface area contributed by atoms with Gasteiger partial charge >= 0.3 is 12.1 Å². The third-order valence-corrected chi connectivity index (χ3v) is 3.18. The monoisotopic (exact) mass is 345 g/mol. The number of alkyl carbamates (subject to hydrolysis) is 1. The van der Waals surface area contributed by atoms with Gasteiger partial charge in [-0.05, 0) is 38.5 Å². The third kappa shape index (κ3) is 4.94. The molecular weight excluding hydrogens is 326 g/mol. The van der Waals surface area contributed by atoms with E-state index in [-0.39, 0.29) is 5.76 Å². The smallest absolute Gasteiger partial charge is 0.408 e. The van der Waals surface area contributed by atoms with Crippen LogP contribution in [0.3, 0.4) is 0 Å². The maximum atomic E-state index is 11.8. The Balaban J connectivity index is 2.17. The van der Waals surface area contributed by atoms with Crippen LogP contribution < -0.4 is 5.32 Å². The van der Waals surface area contributed by atoms with Crippen molar-refractivity contribution in [3.05, 3.63) is 47.7 Å². The van der Waals surface area contributed by atoms with Crippen LogP contribution in [0.1, 0.15) is 42.9 Å². The van der Waals surface area contributed by atoms with Crippen LogP contribution >= 0.6 is 0 Å². The van der Waals surface area contributed by atoms with Gasteiger partial charge in [-0.3, -0.25) is 4.79 Å². The van der Waals surface area contributed by atoms with E-state index in [2.05, 4.69) is 5.32 Å². The molecule has 0 spiro atoms. The van der Waals surface area contributed by atoms with Crippen LogP contribution in [0.4, 0.5) is 4.79 Å². The minimum Gasteiger partial charge on any atom is -0.479 e. The molecule has 0 bridgehead atoms. The number of amides is 1. The molecule has 132 valence electrons. The fourth-order valence-electron chi connectivity index (χ4n) is 2.12. The van der Waals surface area contributed by atoms with Crippen LogP contribution in [0.15, 0.2) is 40.8 Å². The average molecular weight is 345 g/mol. The van der Waals surface area contributed by atoms with Crippen molar-refractivity contribution in [2.45, 2.75) is 32.4 Å². The predicted molar refractivity (Wildman–Crippen MR) is 89.3 cm³/mol. The van der Waals surface area contributed by atoms with Gasteiger partial charge in [0.05, 0.1) is 0 Å². The molecule has 1 aromatic heterocycles. The molecule has 0 saturated heterocycles. The van der Waals surface area contributed by atoms with E-state index in [0.29, 0.717) is 23.2 Å². The molecule has 0 radical (unpaired) electrons. The molecule has 1 heterocycles. The van der Waals surface area contributed by atoms with E-state index in [1.54, 1.807) is 57.2 Å². The van der Waals surface area contributed by atoms with Crippen LogP contribution in [0.25, 0.3) is 11.3 Å². The number of hydrogen-bond donors (Lipinski definition) is 2. The van der Waals surface area contributed by atoms with Crippen molar-refractivity contribution in [1.82, 2.24) is 5.32 Å². The molecule has 7 nitrogen and oxygen atoms in total. The summed E-state index contributed by atoms with van der Waals surface area (Å²) in [5, 5.41) is 11.7. The summed E-state index contributed by atoms with van der Waals surface area (Å²) >= 11 is 0. The maximum Gasteiger partial charge on any atom is 0.408 e. The highest BCUT2D eigenvalue weighted by Gasteiger charge is 2.25. The van der Waals surface area contributed by atoms with Crippen molar-refractivity contribution in [3.63, 3.8) is 0 Å². The van der Waals surface area contributed by atoms with Crippen molar-refractivity contribution in [1.29, 1.82) is 0 Å². The van der Waals surface area contributed by atoms with E-state index in [9.17, 15) is 19.5 Å². The second-order valence-corrected chi connectivity index (χ2v) is 6.36. The SMILES string of the molecule is CC(C)(C)OC(=O)NC(C(=O)O)c1ccc(-c2ccc(C=O)o2)cc1. The molecule has 1 amide bonds. The van der Waals surface area contributed by atoms with Gasteiger partial charge in [0.25, 0.3) is 0 Å². The van der Waals surface area contributed by atoms with Gasteiger partial charge in [0, 0.05) is 5.56 Å². The molecule has 0 aliphatic carbocycles. The summed E-state index contributed by atoms with van der Waals surface area (Å²) in [6.07, 6.45) is -0.214. The average Bonchev–Trinajstić information content (AvgIpc) is 3.00. The van der Waals surface area contributed by atoms with Crippen molar-refractivity contribution in [2.24, 2.45) is 0 Å². The predicted octanol–water partition coefficient (Wildman–Crippen LogP) is 3.41. The maximum absolute atomic E-state index is 11.8. The first-order chi connectivity index (χ1) is 11.7. The van der Waals surface area contributed by atoms with Crippen LogP contribution in [0.5, 0.6) is 0 Å². The van der Waals surface area contributed by atoms with Gasteiger partial charge in [-0.2, -0.15) is 0 Å². The van der Waals surface area contributed by atoms with Crippen molar-refractivity contribution in [3.8, 4) is 11.3 Å². The number of ether oxygens (including phenoxy) is 1. The Morgan fingerprint density at radius 3 is 2.28 bits per heavy atom. The van der Waals surface area contributed by atoms with E-state index >= 15 is 0 Å².